The third-order valence-corrected chi connectivity index (χ3v) is 21.7. The number of rotatable bonds is 38. The Morgan fingerprint density at radius 3 is 1.48 bits per heavy atom. The number of para-hydroxylation sites is 1. The number of nitrogens with zero attached hydrogens (tertiary/aromatic N) is 9. The summed E-state index contributed by atoms with van der Waals surface area (Å²) in [4.78, 5) is 168. The number of likely N-dealkylation sites (N-methyl/N-ethyl adjacent to an activating group) is 7. The molecule has 1 aromatic rings. The van der Waals surface area contributed by atoms with Crippen LogP contribution in [0.5, 0.6) is 0 Å². The lowest BCUT2D eigenvalue weighted by Gasteiger charge is -2.40. The zero-order valence-electron chi connectivity index (χ0n) is 60.5. The maximum Gasteiger partial charge on any atom is 0.255 e. The molecule has 0 spiro atoms. The van der Waals surface area contributed by atoms with Crippen LogP contribution in [-0.2, 0) is 63.7 Å². The molecular weight excluding hydrogens is 1340 g/mol. The van der Waals surface area contributed by atoms with Crippen molar-refractivity contribution in [1.29, 1.82) is 0 Å². The van der Waals surface area contributed by atoms with Crippen molar-refractivity contribution in [3.05, 3.63) is 29.8 Å². The quantitative estimate of drug-likeness (QED) is 0.0377. The smallest absolute Gasteiger partial charge is 0.255 e. The number of carbonyl (C=O) groups is 11. The number of aliphatic imine (C=N–C) groups is 1. The van der Waals surface area contributed by atoms with Gasteiger partial charge in [-0.15, -0.1) is 0 Å². The fourth-order valence-electron chi connectivity index (χ4n) is 11.7. The molecule has 14 unspecified atom stereocenters. The molecule has 0 bridgehead atoms. The van der Waals surface area contributed by atoms with E-state index in [0.29, 0.717) is 37.9 Å². The molecule has 0 aliphatic carbocycles. The molecule has 14 atom stereocenters. The largest absolute Gasteiger partial charge is 0.347 e. The second kappa shape index (κ2) is 38.6. The van der Waals surface area contributed by atoms with E-state index in [-0.39, 0.29) is 36.0 Å². The number of halogens is 1. The molecule has 4 N–H and O–H groups in total. The molecule has 94 heavy (non-hydrogen) atoms. The third kappa shape index (κ3) is 21.7. The van der Waals surface area contributed by atoms with E-state index >= 15 is 4.79 Å². The molecule has 1 aromatic carbocycles. The Morgan fingerprint density at radius 2 is 1.00 bits per heavy atom. The van der Waals surface area contributed by atoms with Gasteiger partial charge < -0.3 is 50.7 Å². The van der Waals surface area contributed by atoms with E-state index < -0.39 is 161 Å². The average molecular weight is 1450 g/mol. The van der Waals surface area contributed by atoms with Crippen LogP contribution in [0.15, 0.2) is 29.3 Å². The van der Waals surface area contributed by atoms with E-state index in [2.05, 4.69) is 26.3 Å². The minimum Gasteiger partial charge on any atom is -0.347 e. The van der Waals surface area contributed by atoms with Crippen LogP contribution in [0.3, 0.4) is 0 Å². The van der Waals surface area contributed by atoms with Crippen LogP contribution in [0, 0.1) is 47.3 Å². The first kappa shape index (κ1) is 84.0. The average Bonchev–Trinajstić information content (AvgIpc) is 1.07. The fraction of sp³-hybridized carbons (Fsp3) is 0.731. The minimum atomic E-state index is -2.04. The summed E-state index contributed by atoms with van der Waals surface area (Å²) in [5.74, 6) is -9.17. The van der Waals surface area contributed by atoms with Crippen LogP contribution >= 0.6 is 22.9 Å². The molecule has 1 heterocycles. The first-order valence-corrected chi connectivity index (χ1v) is 35.3. The first-order valence-electron chi connectivity index (χ1n) is 33.1. The van der Waals surface area contributed by atoms with Gasteiger partial charge in [0.15, 0.2) is 0 Å². The van der Waals surface area contributed by atoms with E-state index in [1.807, 2.05) is 103 Å². The molecular formula is C67H114IN13O12S. The molecule has 0 saturated heterocycles. The monoisotopic (exact) mass is 1450 g/mol. The van der Waals surface area contributed by atoms with Gasteiger partial charge in [0, 0.05) is 68.0 Å². The van der Waals surface area contributed by atoms with Gasteiger partial charge in [0.2, 0.25) is 59.6 Å². The van der Waals surface area contributed by atoms with Crippen LogP contribution < -0.4 is 21.3 Å². The highest BCUT2D eigenvalue weighted by molar-refractivity contribution is 14.1. The third-order valence-electron chi connectivity index (χ3n) is 18.3. The lowest BCUT2D eigenvalue weighted by Crippen LogP contribution is -2.62. The number of carbonyl (C=O) groups excluding carboxylic acids is 11. The highest BCUT2D eigenvalue weighted by Gasteiger charge is 2.45. The SMILES string of the molecule is CCC(C)C(NC(=O)C(NC(=O)C(CC1C=Nc2ccccc21)NC(=O)CN(C)C(=O)C(C(C)CC)N(C)C(=O)C(NC=O)C(C)C)C(C)C)C(=O)N(C)C(C(=O)N(I)C(C(C)C)S(=O)N(C)CC(=O)N(C)C(C(=O)N(C)C(C(=O)N(C)CC)C(C)CC)C(C)C)C(C)C. The predicted octanol–water partition coefficient (Wildman–Crippen LogP) is 5.21. The van der Waals surface area contributed by atoms with Crippen LogP contribution in [0.1, 0.15) is 155 Å². The standard InChI is InChI=1S/C67H114IN13O12S/c1-25-43(15)54(62(88)78(22)56(41(11)12)66(92)81(68)67(42(13)14)94(93)76(20)36-51(84)77(21)55(40(9)10)65(91)80(24)57(44(16)26-2)63(89)74(18)28-4)73-60(86)52(38(5)6)72-59(85)49(33-46-34-69-48-32-30-29-31-47(46)48)71-50(83)35-75(19)64(90)58(45(17)27-3)79(23)61(87)53(39(7)8)70-37-82/h29-32,34,37-46,49,52-58,67H,25-28,33,35-36H2,1-24H3,(H,70,82)(H,71,83)(H,72,85)(H,73,86). The van der Waals surface area contributed by atoms with E-state index in [0.717, 1.165) is 5.56 Å². The van der Waals surface area contributed by atoms with Crippen molar-refractivity contribution in [2.24, 2.45) is 52.3 Å². The molecule has 0 aromatic heterocycles. The van der Waals surface area contributed by atoms with Crippen molar-refractivity contribution in [2.45, 2.75) is 203 Å². The van der Waals surface area contributed by atoms with Crippen LogP contribution in [0.2, 0.25) is 0 Å². The summed E-state index contributed by atoms with van der Waals surface area (Å²) in [6, 6.07) is -1.23. The molecule has 27 heteroatoms. The lowest BCUT2D eigenvalue weighted by atomic mass is 9.92. The Hall–Kier alpha value is -6.10. The predicted molar refractivity (Wildman–Crippen MR) is 376 cm³/mol. The van der Waals surface area contributed by atoms with Crippen molar-refractivity contribution >= 4 is 111 Å². The Kier molecular flexibility index (Phi) is 34.5. The van der Waals surface area contributed by atoms with Gasteiger partial charge in [0.1, 0.15) is 64.7 Å². The summed E-state index contributed by atoms with van der Waals surface area (Å²) in [5, 5.41) is 10.1. The number of nitrogens with one attached hydrogen (secondary N) is 4. The summed E-state index contributed by atoms with van der Waals surface area (Å²) in [5.41, 5.74) is 1.50. The van der Waals surface area contributed by atoms with E-state index in [1.165, 1.54) is 67.2 Å². The Labute approximate surface area is 577 Å². The molecule has 0 radical (unpaired) electrons. The van der Waals surface area contributed by atoms with Gasteiger partial charge in [0.05, 0.1) is 41.6 Å². The molecule has 532 valence electrons. The van der Waals surface area contributed by atoms with Crippen molar-refractivity contribution in [3.63, 3.8) is 0 Å². The van der Waals surface area contributed by atoms with Crippen molar-refractivity contribution in [3.8, 4) is 0 Å². The summed E-state index contributed by atoms with van der Waals surface area (Å²) in [7, 11) is 8.60. The molecule has 11 amide bonds. The number of hydrogen-bond acceptors (Lipinski definition) is 13. The van der Waals surface area contributed by atoms with E-state index in [1.54, 1.807) is 87.5 Å². The van der Waals surface area contributed by atoms with Gasteiger partial charge >= 0.3 is 0 Å². The van der Waals surface area contributed by atoms with E-state index in [4.69, 9.17) is 0 Å². The molecule has 25 nitrogen and oxygen atoms in total. The molecule has 1 aliphatic rings. The van der Waals surface area contributed by atoms with Crippen LogP contribution in [-0.4, -0.2) is 235 Å². The Morgan fingerprint density at radius 1 is 0.532 bits per heavy atom. The van der Waals surface area contributed by atoms with Crippen molar-refractivity contribution in [1.82, 2.24) is 58.1 Å². The van der Waals surface area contributed by atoms with E-state index in [9.17, 15) is 52.2 Å². The summed E-state index contributed by atoms with van der Waals surface area (Å²) in [6.07, 6.45) is 3.66. The number of hydrogen-bond donors (Lipinski definition) is 4. The minimum absolute atomic E-state index is 0.00398. The van der Waals surface area contributed by atoms with Crippen molar-refractivity contribution < 1.29 is 56.9 Å². The van der Waals surface area contributed by atoms with Gasteiger partial charge in [-0.2, -0.15) is 0 Å². The van der Waals surface area contributed by atoms with Gasteiger partial charge in [-0.1, -0.05) is 148 Å². The van der Waals surface area contributed by atoms with Gasteiger partial charge in [0.25, 0.3) is 5.91 Å². The molecule has 1 aliphatic heterocycles. The van der Waals surface area contributed by atoms with Crippen LogP contribution in [0.25, 0.3) is 0 Å². The summed E-state index contributed by atoms with van der Waals surface area (Å²) >= 11 is 1.81. The topological polar surface area (TPSA) is 291 Å². The number of fused-ring (bicyclic) bond motifs is 1. The first-order chi connectivity index (χ1) is 43.8. The zero-order valence-corrected chi connectivity index (χ0v) is 63.5. The molecule has 0 fully saturated rings. The second-order valence-corrected chi connectivity index (χ2v) is 29.9. The fourth-order valence-corrected chi connectivity index (χ4v) is 14.6. The van der Waals surface area contributed by atoms with Gasteiger partial charge in [-0.05, 0) is 72.3 Å². The molecule has 2 rings (SSSR count). The maximum atomic E-state index is 15.0. The summed E-state index contributed by atoms with van der Waals surface area (Å²) in [6.45, 7) is 30.2. The highest BCUT2D eigenvalue weighted by atomic mass is 127. The highest BCUT2D eigenvalue weighted by Crippen LogP contribution is 2.35. The Bertz CT molecular complexity index is 2820. The second-order valence-electron chi connectivity index (χ2n) is 27.2. The maximum absolute atomic E-state index is 15.0. The lowest BCUT2D eigenvalue weighted by molar-refractivity contribution is -0.152. The van der Waals surface area contributed by atoms with Gasteiger partial charge in [-0.25, -0.2) is 8.51 Å². The number of benzene rings is 1. The van der Waals surface area contributed by atoms with Crippen LogP contribution in [0.4, 0.5) is 5.69 Å². The summed E-state index contributed by atoms with van der Waals surface area (Å²) < 4.78 is 17.3. The molecule has 0 saturated carbocycles. The van der Waals surface area contributed by atoms with Gasteiger partial charge in [-0.3, -0.25) is 60.8 Å². The number of amides is 11. The Balaban J connectivity index is 2.50. The zero-order chi connectivity index (χ0) is 72.2. The normalized spacial score (nSPS) is 17.0. The van der Waals surface area contributed by atoms with Crippen molar-refractivity contribution in [2.75, 3.05) is 69.0 Å².